The van der Waals surface area contributed by atoms with Crippen molar-refractivity contribution in [3.8, 4) is 5.75 Å². The van der Waals surface area contributed by atoms with Gasteiger partial charge in [-0.1, -0.05) is 41.4 Å². The molecule has 11 heteroatoms. The van der Waals surface area contributed by atoms with Crippen LogP contribution < -0.4 is 15.0 Å². The Kier molecular flexibility index (Phi) is 7.04. The van der Waals surface area contributed by atoms with Crippen molar-refractivity contribution in [2.45, 2.75) is 4.90 Å². The Morgan fingerprint density at radius 2 is 1.62 bits per heavy atom. The smallest absolute Gasteiger partial charge is 0.291 e. The second kappa shape index (κ2) is 10.3. The highest BCUT2D eigenvalue weighted by Gasteiger charge is 2.32. The number of methoxy groups -OCH3 is 1. The number of halogens is 2. The molecule has 1 saturated heterocycles. The number of sulfonamides is 1. The Hall–Kier alpha value is -3.24. The number of nitrogens with one attached hydrogen (secondary N) is 1. The largest absolute Gasteiger partial charge is 0.497 e. The minimum atomic E-state index is -3.85. The summed E-state index contributed by atoms with van der Waals surface area (Å²) in [6, 6.07) is 19.0. The molecule has 0 bridgehead atoms. The third kappa shape index (κ3) is 5.00. The lowest BCUT2D eigenvalue weighted by Gasteiger charge is -2.35. The molecule has 37 heavy (non-hydrogen) atoms. The molecule has 1 fully saturated rings. The highest BCUT2D eigenvalue weighted by atomic mass is 35.5. The van der Waals surface area contributed by atoms with Gasteiger partial charge in [-0.3, -0.25) is 4.79 Å². The van der Waals surface area contributed by atoms with Crippen LogP contribution in [0.2, 0.25) is 10.0 Å². The van der Waals surface area contributed by atoms with Gasteiger partial charge in [0.2, 0.25) is 10.0 Å². The number of amides is 1. The van der Waals surface area contributed by atoms with E-state index in [-0.39, 0.29) is 39.7 Å². The van der Waals surface area contributed by atoms with Gasteiger partial charge in [0.1, 0.15) is 16.2 Å². The standard InChI is InChI=1S/C26H23Cl2N3O5S/c1-35-18-6-2-5-17(15-18)29-26(32)24-16-19-22(9-4-10-23(19)36-24)30-11-13-31(14-12-30)37(33,34)25-20(27)7-3-8-21(25)28/h2-10,15-16H,11-14H2,1H3,(H,29,32). The molecule has 5 rings (SSSR count). The number of benzene rings is 3. The molecule has 1 N–H and O–H groups in total. The van der Waals surface area contributed by atoms with Gasteiger partial charge in [-0.05, 0) is 42.5 Å². The Morgan fingerprint density at radius 3 is 2.32 bits per heavy atom. The third-order valence-corrected chi connectivity index (χ3v) is 9.04. The first-order valence-electron chi connectivity index (χ1n) is 11.4. The molecule has 0 atom stereocenters. The molecular weight excluding hydrogens is 537 g/mol. The van der Waals surface area contributed by atoms with Gasteiger partial charge in [-0.25, -0.2) is 8.42 Å². The maximum Gasteiger partial charge on any atom is 0.291 e. The number of furan rings is 1. The number of carbonyl (C=O) groups is 1. The Labute approximate surface area is 224 Å². The minimum Gasteiger partial charge on any atom is -0.497 e. The average molecular weight is 560 g/mol. The van der Waals surface area contributed by atoms with Gasteiger partial charge in [0.25, 0.3) is 5.91 Å². The fourth-order valence-corrected chi connectivity index (χ4v) is 6.87. The minimum absolute atomic E-state index is 0.0737. The molecule has 2 heterocycles. The molecule has 192 valence electrons. The van der Waals surface area contributed by atoms with E-state index in [0.29, 0.717) is 30.1 Å². The number of piperazine rings is 1. The summed E-state index contributed by atoms with van der Waals surface area (Å²) in [6.07, 6.45) is 0. The topological polar surface area (TPSA) is 92.1 Å². The van der Waals surface area contributed by atoms with Crippen molar-refractivity contribution in [3.63, 3.8) is 0 Å². The van der Waals surface area contributed by atoms with Gasteiger partial charge in [-0.15, -0.1) is 0 Å². The molecule has 1 aliphatic rings. The summed E-state index contributed by atoms with van der Waals surface area (Å²) in [5, 5.41) is 3.78. The van der Waals surface area contributed by atoms with Crippen LogP contribution in [0.25, 0.3) is 11.0 Å². The van der Waals surface area contributed by atoms with Crippen molar-refractivity contribution >= 4 is 61.5 Å². The summed E-state index contributed by atoms with van der Waals surface area (Å²) in [7, 11) is -2.29. The highest BCUT2D eigenvalue weighted by Crippen LogP contribution is 2.34. The molecule has 0 aliphatic carbocycles. The van der Waals surface area contributed by atoms with Crippen molar-refractivity contribution in [3.05, 3.63) is 82.5 Å². The number of hydrogen-bond acceptors (Lipinski definition) is 6. The molecule has 1 aromatic heterocycles. The fraction of sp³-hybridized carbons (Fsp3) is 0.192. The first kappa shape index (κ1) is 25.4. The number of ether oxygens (including phenoxy) is 1. The lowest BCUT2D eigenvalue weighted by atomic mass is 10.1. The molecule has 3 aromatic carbocycles. The summed E-state index contributed by atoms with van der Waals surface area (Å²) in [4.78, 5) is 14.9. The van der Waals surface area contributed by atoms with Crippen LogP contribution in [-0.2, 0) is 10.0 Å². The van der Waals surface area contributed by atoms with Crippen molar-refractivity contribution in [1.82, 2.24) is 4.31 Å². The van der Waals surface area contributed by atoms with Crippen LogP contribution in [0.5, 0.6) is 5.75 Å². The number of anilines is 2. The average Bonchev–Trinajstić information content (AvgIpc) is 3.33. The number of fused-ring (bicyclic) bond motifs is 1. The summed E-state index contributed by atoms with van der Waals surface area (Å²) in [5.41, 5.74) is 2.00. The van der Waals surface area contributed by atoms with Crippen molar-refractivity contribution in [2.24, 2.45) is 0 Å². The Balaban J connectivity index is 1.34. The number of carbonyl (C=O) groups excluding carboxylic acids is 1. The second-order valence-electron chi connectivity index (χ2n) is 8.43. The van der Waals surface area contributed by atoms with Crippen LogP contribution in [-0.4, -0.2) is 51.9 Å². The SMILES string of the molecule is COc1cccc(NC(=O)c2cc3c(N4CCN(S(=O)(=O)c5c(Cl)cccc5Cl)CC4)cccc3o2)c1. The third-order valence-electron chi connectivity index (χ3n) is 6.19. The zero-order valence-corrected chi connectivity index (χ0v) is 22.1. The quantitative estimate of drug-likeness (QED) is 0.334. The predicted octanol–water partition coefficient (Wildman–Crippen LogP) is 5.51. The van der Waals surface area contributed by atoms with Crippen LogP contribution >= 0.6 is 23.2 Å². The molecule has 0 radical (unpaired) electrons. The lowest BCUT2D eigenvalue weighted by Crippen LogP contribution is -2.48. The fourth-order valence-electron chi connectivity index (χ4n) is 4.35. The zero-order chi connectivity index (χ0) is 26.2. The van der Waals surface area contributed by atoms with Gasteiger partial charge in [0, 0.05) is 49.0 Å². The van der Waals surface area contributed by atoms with Gasteiger partial charge in [0.15, 0.2) is 5.76 Å². The summed E-state index contributed by atoms with van der Waals surface area (Å²) in [5.74, 6) is 0.408. The van der Waals surface area contributed by atoms with Crippen LogP contribution in [0, 0.1) is 0 Å². The van der Waals surface area contributed by atoms with E-state index in [4.69, 9.17) is 32.4 Å². The normalized spacial score (nSPS) is 14.6. The first-order chi connectivity index (χ1) is 17.8. The number of hydrogen-bond donors (Lipinski definition) is 1. The van der Waals surface area contributed by atoms with Crippen LogP contribution in [0.4, 0.5) is 11.4 Å². The lowest BCUT2D eigenvalue weighted by molar-refractivity contribution is 0.0998. The molecule has 1 aliphatic heterocycles. The van der Waals surface area contributed by atoms with Gasteiger partial charge < -0.3 is 19.4 Å². The zero-order valence-electron chi connectivity index (χ0n) is 19.8. The van der Waals surface area contributed by atoms with Crippen LogP contribution in [0.15, 0.2) is 76.0 Å². The first-order valence-corrected chi connectivity index (χ1v) is 13.6. The van der Waals surface area contributed by atoms with Crippen molar-refractivity contribution < 1.29 is 22.4 Å². The summed E-state index contributed by atoms with van der Waals surface area (Å²) >= 11 is 12.3. The number of nitrogens with zero attached hydrogens (tertiary/aromatic N) is 2. The van der Waals surface area contributed by atoms with Gasteiger partial charge >= 0.3 is 0 Å². The molecular formula is C26H23Cl2N3O5S. The van der Waals surface area contributed by atoms with Crippen molar-refractivity contribution in [1.29, 1.82) is 0 Å². The number of rotatable bonds is 6. The highest BCUT2D eigenvalue weighted by molar-refractivity contribution is 7.89. The predicted molar refractivity (Wildman–Crippen MR) is 145 cm³/mol. The summed E-state index contributed by atoms with van der Waals surface area (Å²) in [6.45, 7) is 1.39. The Bertz CT molecular complexity index is 1560. The van der Waals surface area contributed by atoms with Crippen LogP contribution in [0.3, 0.4) is 0 Å². The van der Waals surface area contributed by atoms with E-state index in [9.17, 15) is 13.2 Å². The van der Waals surface area contributed by atoms with Gasteiger partial charge in [-0.2, -0.15) is 4.31 Å². The maximum atomic E-state index is 13.2. The van der Waals surface area contributed by atoms with Crippen molar-refractivity contribution in [2.75, 3.05) is 43.5 Å². The molecule has 8 nitrogen and oxygen atoms in total. The van der Waals surface area contributed by atoms with Gasteiger partial charge in [0.05, 0.1) is 17.2 Å². The van der Waals surface area contributed by atoms with E-state index >= 15 is 0 Å². The van der Waals surface area contributed by atoms with E-state index in [0.717, 1.165) is 11.1 Å². The molecule has 0 spiro atoms. The van der Waals surface area contributed by atoms with E-state index < -0.39 is 10.0 Å². The van der Waals surface area contributed by atoms with E-state index in [1.54, 1.807) is 49.6 Å². The molecule has 4 aromatic rings. The molecule has 1 amide bonds. The molecule has 0 unspecified atom stereocenters. The van der Waals surface area contributed by atoms with E-state index in [2.05, 4.69) is 10.2 Å². The van der Waals surface area contributed by atoms with Crippen LogP contribution in [0.1, 0.15) is 10.6 Å². The van der Waals surface area contributed by atoms with E-state index in [1.165, 1.54) is 16.4 Å². The Morgan fingerprint density at radius 1 is 0.946 bits per heavy atom. The summed E-state index contributed by atoms with van der Waals surface area (Å²) < 4.78 is 38.9. The monoisotopic (exact) mass is 559 g/mol. The molecule has 0 saturated carbocycles. The van der Waals surface area contributed by atoms with E-state index in [1.807, 2.05) is 12.1 Å². The maximum absolute atomic E-state index is 13.2. The second-order valence-corrected chi connectivity index (χ2v) is 11.1.